The van der Waals surface area contributed by atoms with E-state index in [2.05, 4.69) is 4.74 Å². The van der Waals surface area contributed by atoms with Crippen LogP contribution in [0.5, 0.6) is 0 Å². The van der Waals surface area contributed by atoms with Gasteiger partial charge in [-0.1, -0.05) is 12.2 Å². The molecule has 0 heterocycles. The second-order valence-electron chi connectivity index (χ2n) is 6.52. The molecule has 3 atom stereocenters. The SMILES string of the molecule is CC(C)(OC(=O)C1CC2C=CC1C2)C(O)(C(F)(F)F)C(F)(F)F. The van der Waals surface area contributed by atoms with Gasteiger partial charge in [0, 0.05) is 0 Å². The number of carbonyl (C=O) groups is 1. The molecule has 2 bridgehead atoms. The molecule has 3 unspecified atom stereocenters. The minimum Gasteiger partial charge on any atom is -0.456 e. The second kappa shape index (κ2) is 5.12. The molecular formula is C14H16F6O3. The molecule has 1 fully saturated rings. The van der Waals surface area contributed by atoms with Crippen molar-refractivity contribution in [1.82, 2.24) is 0 Å². The topological polar surface area (TPSA) is 46.5 Å². The zero-order valence-electron chi connectivity index (χ0n) is 12.3. The molecule has 3 nitrogen and oxygen atoms in total. The van der Waals surface area contributed by atoms with E-state index in [1.165, 1.54) is 0 Å². The van der Waals surface area contributed by atoms with Gasteiger partial charge >= 0.3 is 18.3 Å². The predicted molar refractivity (Wildman–Crippen MR) is 66.1 cm³/mol. The van der Waals surface area contributed by atoms with Crippen molar-refractivity contribution in [2.45, 2.75) is 50.2 Å². The summed E-state index contributed by atoms with van der Waals surface area (Å²) in [5.41, 5.74) is -8.37. The molecule has 0 saturated heterocycles. The van der Waals surface area contributed by atoms with E-state index in [-0.39, 0.29) is 11.8 Å². The Balaban J connectivity index is 2.25. The Kier molecular flexibility index (Phi) is 4.03. The number of carbonyl (C=O) groups excluding carboxylic acids is 1. The molecule has 2 aliphatic carbocycles. The molecule has 0 aromatic carbocycles. The van der Waals surface area contributed by atoms with E-state index < -0.39 is 35.4 Å². The Labute approximate surface area is 128 Å². The van der Waals surface area contributed by atoms with Gasteiger partial charge in [0.05, 0.1) is 5.92 Å². The summed E-state index contributed by atoms with van der Waals surface area (Å²) in [5.74, 6) is -2.09. The number of fused-ring (bicyclic) bond motifs is 2. The summed E-state index contributed by atoms with van der Waals surface area (Å²) in [6, 6.07) is 0. The summed E-state index contributed by atoms with van der Waals surface area (Å²) in [7, 11) is 0. The van der Waals surface area contributed by atoms with Crippen LogP contribution in [0.25, 0.3) is 0 Å². The lowest BCUT2D eigenvalue weighted by atomic mass is 9.83. The maximum Gasteiger partial charge on any atom is 0.430 e. The molecular weight excluding hydrogens is 330 g/mol. The van der Waals surface area contributed by atoms with Crippen LogP contribution in [0.3, 0.4) is 0 Å². The Morgan fingerprint density at radius 1 is 1.04 bits per heavy atom. The average Bonchev–Trinajstić information content (AvgIpc) is 2.96. The van der Waals surface area contributed by atoms with Crippen LogP contribution in [0.2, 0.25) is 0 Å². The molecule has 0 aromatic rings. The molecule has 2 rings (SSSR count). The fourth-order valence-corrected chi connectivity index (χ4v) is 3.30. The maximum absolute atomic E-state index is 12.9. The van der Waals surface area contributed by atoms with Crippen molar-refractivity contribution in [2.24, 2.45) is 17.8 Å². The van der Waals surface area contributed by atoms with Crippen LogP contribution >= 0.6 is 0 Å². The predicted octanol–water partition coefficient (Wildman–Crippen LogP) is 3.38. The van der Waals surface area contributed by atoms with Crippen LogP contribution < -0.4 is 0 Å². The maximum atomic E-state index is 12.9. The lowest BCUT2D eigenvalue weighted by Gasteiger charge is -2.43. The third kappa shape index (κ3) is 2.72. The Morgan fingerprint density at radius 3 is 1.91 bits per heavy atom. The standard InChI is InChI=1S/C14H16F6O3/c1-11(2,12(22,13(15,16)17)14(18,19)20)23-10(21)9-6-7-3-4-8(9)5-7/h3-4,7-9,22H,5-6H2,1-2H3. The number of halogens is 6. The number of ether oxygens (including phenoxy) is 1. The molecule has 0 aromatic heterocycles. The van der Waals surface area contributed by atoms with Gasteiger partial charge < -0.3 is 9.84 Å². The molecule has 132 valence electrons. The highest BCUT2D eigenvalue weighted by molar-refractivity contribution is 5.74. The molecule has 23 heavy (non-hydrogen) atoms. The summed E-state index contributed by atoms with van der Waals surface area (Å²) < 4.78 is 81.9. The van der Waals surface area contributed by atoms with Gasteiger partial charge in [-0.3, -0.25) is 4.79 Å². The van der Waals surface area contributed by atoms with Crippen molar-refractivity contribution in [3.63, 3.8) is 0 Å². The van der Waals surface area contributed by atoms with E-state index in [0.29, 0.717) is 26.7 Å². The van der Waals surface area contributed by atoms with Crippen LogP contribution in [0.15, 0.2) is 12.2 Å². The molecule has 0 aliphatic heterocycles. The van der Waals surface area contributed by atoms with Gasteiger partial charge in [-0.2, -0.15) is 26.3 Å². The number of alkyl halides is 6. The number of allylic oxidation sites excluding steroid dienone is 2. The van der Waals surface area contributed by atoms with E-state index in [1.807, 2.05) is 6.08 Å². The highest BCUT2D eigenvalue weighted by Gasteiger charge is 2.78. The molecule has 2 aliphatic rings. The highest BCUT2D eigenvalue weighted by atomic mass is 19.4. The lowest BCUT2D eigenvalue weighted by molar-refractivity contribution is -0.407. The number of rotatable bonds is 3. The van der Waals surface area contributed by atoms with Gasteiger partial charge in [-0.25, -0.2) is 0 Å². The quantitative estimate of drug-likeness (QED) is 0.484. The molecule has 0 amide bonds. The lowest BCUT2D eigenvalue weighted by Crippen LogP contribution is -2.70. The van der Waals surface area contributed by atoms with Crippen LogP contribution in [-0.2, 0) is 9.53 Å². The molecule has 9 heteroatoms. The van der Waals surface area contributed by atoms with Crippen LogP contribution in [0.4, 0.5) is 26.3 Å². The first kappa shape index (κ1) is 18.1. The van der Waals surface area contributed by atoms with Crippen LogP contribution in [0.1, 0.15) is 26.7 Å². The Morgan fingerprint density at radius 2 is 1.57 bits per heavy atom. The van der Waals surface area contributed by atoms with Crippen molar-refractivity contribution in [3.05, 3.63) is 12.2 Å². The zero-order valence-corrected chi connectivity index (χ0v) is 12.3. The first-order chi connectivity index (χ1) is 10.2. The van der Waals surface area contributed by atoms with Crippen LogP contribution in [0, 0.1) is 17.8 Å². The Hall–Kier alpha value is -1.25. The number of aliphatic hydroxyl groups is 1. The number of esters is 1. The van der Waals surface area contributed by atoms with Gasteiger partial charge in [-0.15, -0.1) is 0 Å². The van der Waals surface area contributed by atoms with Gasteiger partial charge in [-0.05, 0) is 38.5 Å². The highest BCUT2D eigenvalue weighted by Crippen LogP contribution is 2.51. The Bertz CT molecular complexity index is 506. The molecule has 1 saturated carbocycles. The third-order valence-corrected chi connectivity index (χ3v) is 4.63. The second-order valence-corrected chi connectivity index (χ2v) is 6.52. The summed E-state index contributed by atoms with van der Waals surface area (Å²) in [5, 5.41) is 9.39. The van der Waals surface area contributed by atoms with Gasteiger partial charge in [0.15, 0.2) is 5.60 Å². The van der Waals surface area contributed by atoms with E-state index in [0.717, 1.165) is 0 Å². The van der Waals surface area contributed by atoms with Crippen molar-refractivity contribution in [3.8, 4) is 0 Å². The van der Waals surface area contributed by atoms with E-state index in [9.17, 15) is 36.2 Å². The first-order valence-electron chi connectivity index (χ1n) is 6.97. The first-order valence-corrected chi connectivity index (χ1v) is 6.97. The summed E-state index contributed by atoms with van der Waals surface area (Å²) in [6.45, 7) is 0.823. The third-order valence-electron chi connectivity index (χ3n) is 4.63. The van der Waals surface area contributed by atoms with Gasteiger partial charge in [0.1, 0.15) is 0 Å². The van der Waals surface area contributed by atoms with Crippen LogP contribution in [-0.4, -0.2) is 34.6 Å². The van der Waals surface area contributed by atoms with Crippen molar-refractivity contribution in [2.75, 3.05) is 0 Å². The van der Waals surface area contributed by atoms with Crippen molar-refractivity contribution >= 4 is 5.97 Å². The molecule has 1 N–H and O–H groups in total. The normalized spacial score (nSPS) is 28.3. The summed E-state index contributed by atoms with van der Waals surface area (Å²) >= 11 is 0. The summed E-state index contributed by atoms with van der Waals surface area (Å²) in [6.07, 6.45) is -7.57. The fraction of sp³-hybridized carbons (Fsp3) is 0.786. The van der Waals surface area contributed by atoms with E-state index >= 15 is 0 Å². The van der Waals surface area contributed by atoms with E-state index in [1.54, 1.807) is 6.08 Å². The van der Waals surface area contributed by atoms with Gasteiger partial charge in [0.2, 0.25) is 0 Å². The monoisotopic (exact) mass is 346 g/mol. The largest absolute Gasteiger partial charge is 0.456 e. The smallest absolute Gasteiger partial charge is 0.430 e. The number of hydrogen-bond donors (Lipinski definition) is 1. The fourth-order valence-electron chi connectivity index (χ4n) is 3.30. The number of hydrogen-bond acceptors (Lipinski definition) is 3. The zero-order chi connectivity index (χ0) is 17.8. The molecule has 0 radical (unpaired) electrons. The van der Waals surface area contributed by atoms with E-state index in [4.69, 9.17) is 0 Å². The van der Waals surface area contributed by atoms with Crippen molar-refractivity contribution < 1.29 is 41.0 Å². The summed E-state index contributed by atoms with van der Waals surface area (Å²) in [4.78, 5) is 12.0. The van der Waals surface area contributed by atoms with Gasteiger partial charge in [0.25, 0.3) is 5.60 Å². The molecule has 0 spiro atoms. The minimum absolute atomic E-state index is 0.0878. The minimum atomic E-state index is -6.05. The average molecular weight is 346 g/mol. The van der Waals surface area contributed by atoms with Crippen molar-refractivity contribution in [1.29, 1.82) is 0 Å².